The minimum atomic E-state index is -0.694. The van der Waals surface area contributed by atoms with Crippen LogP contribution in [-0.2, 0) is 27.4 Å². The topological polar surface area (TPSA) is 117 Å². The molecular weight excluding hydrogens is 442 g/mol. The van der Waals surface area contributed by atoms with Crippen molar-refractivity contribution in [1.29, 1.82) is 0 Å². The van der Waals surface area contributed by atoms with Gasteiger partial charge in [0.1, 0.15) is 12.3 Å². The molecule has 11 nitrogen and oxygen atoms in total. The zero-order chi connectivity index (χ0) is 24.3. The van der Waals surface area contributed by atoms with Crippen molar-refractivity contribution < 1.29 is 28.5 Å². The molecule has 184 valence electrons. The highest BCUT2D eigenvalue weighted by molar-refractivity contribution is 5.95. The first kappa shape index (κ1) is 24.0. The smallest absolute Gasteiger partial charge is 0.251 e. The number of rotatable bonds is 4. The van der Waals surface area contributed by atoms with Crippen LogP contribution in [0.15, 0.2) is 24.4 Å². The van der Waals surface area contributed by atoms with E-state index in [4.69, 9.17) is 18.9 Å². The Morgan fingerprint density at radius 2 is 2.12 bits per heavy atom. The lowest BCUT2D eigenvalue weighted by Gasteiger charge is -2.28. The van der Waals surface area contributed by atoms with Crippen LogP contribution in [0.3, 0.4) is 0 Å². The molecule has 3 heterocycles. The number of likely N-dealkylation sites (tertiary alicyclic amines) is 1. The van der Waals surface area contributed by atoms with E-state index >= 15 is 0 Å². The Kier molecular flexibility index (Phi) is 7.03. The van der Waals surface area contributed by atoms with Gasteiger partial charge in [0.25, 0.3) is 5.91 Å². The summed E-state index contributed by atoms with van der Waals surface area (Å²) in [4.78, 5) is 28.0. The van der Waals surface area contributed by atoms with Crippen LogP contribution in [0.5, 0.6) is 11.5 Å². The van der Waals surface area contributed by atoms with E-state index in [9.17, 15) is 9.59 Å². The predicted octanol–water partition coefficient (Wildman–Crippen LogP) is 0.878. The lowest BCUT2D eigenvalue weighted by molar-refractivity contribution is -0.142. The van der Waals surface area contributed by atoms with Gasteiger partial charge in [0.2, 0.25) is 5.91 Å². The van der Waals surface area contributed by atoms with E-state index < -0.39 is 17.6 Å². The maximum Gasteiger partial charge on any atom is 0.251 e. The second-order valence-electron chi connectivity index (χ2n) is 9.14. The number of methoxy groups -OCH3 is 2. The first-order valence-electron chi connectivity index (χ1n) is 11.2. The van der Waals surface area contributed by atoms with Gasteiger partial charge in [-0.1, -0.05) is 5.21 Å². The van der Waals surface area contributed by atoms with Crippen LogP contribution in [0.25, 0.3) is 0 Å². The zero-order valence-electron chi connectivity index (χ0n) is 19.9. The molecule has 1 N–H and O–H groups in total. The van der Waals surface area contributed by atoms with E-state index in [0.717, 1.165) is 0 Å². The summed E-state index contributed by atoms with van der Waals surface area (Å²) < 4.78 is 24.3. The number of carbonyl (C=O) groups is 2. The Hall–Kier alpha value is -3.18. The molecule has 2 aliphatic rings. The van der Waals surface area contributed by atoms with Gasteiger partial charge in [0.15, 0.2) is 11.5 Å². The maximum absolute atomic E-state index is 13.2. The summed E-state index contributed by atoms with van der Waals surface area (Å²) in [5.74, 6) is 0.651. The Bertz CT molecular complexity index is 1040. The number of ether oxygens (including phenoxy) is 4. The lowest BCUT2D eigenvalue weighted by atomic mass is 9.93. The zero-order valence-corrected chi connectivity index (χ0v) is 19.9. The number of fused-ring (bicyclic) bond motifs is 5. The molecular formula is C23H31N5O6. The van der Waals surface area contributed by atoms with Crippen molar-refractivity contribution in [3.05, 3.63) is 35.7 Å². The summed E-state index contributed by atoms with van der Waals surface area (Å²) in [5, 5.41) is 11.3. The fourth-order valence-corrected chi connectivity index (χ4v) is 4.24. The Morgan fingerprint density at radius 3 is 2.88 bits per heavy atom. The molecule has 4 bridgehead atoms. The second-order valence-corrected chi connectivity index (χ2v) is 9.14. The predicted molar refractivity (Wildman–Crippen MR) is 121 cm³/mol. The molecule has 0 aliphatic carbocycles. The maximum atomic E-state index is 13.2. The highest BCUT2D eigenvalue weighted by Crippen LogP contribution is 2.29. The Morgan fingerprint density at radius 1 is 1.29 bits per heavy atom. The van der Waals surface area contributed by atoms with Gasteiger partial charge in [0, 0.05) is 25.8 Å². The standard InChI is InChI=1S/C23H31N5O6/c1-23(2,14-31-3)22(30)27-11-17-20(12-27)34-13-16-10-28(26-25-16)7-8-33-19-9-15(21(29)24-17)5-6-18(19)32-4/h5-6,9-10,17,20H,7-8,11-14H2,1-4H3,(H,24,29)/t17-,20-/m0/s1. The molecule has 0 unspecified atom stereocenters. The molecule has 1 fully saturated rings. The van der Waals surface area contributed by atoms with E-state index in [-0.39, 0.29) is 18.4 Å². The molecule has 1 aromatic heterocycles. The fraction of sp³-hybridized carbons (Fsp3) is 0.565. The molecule has 2 atom stereocenters. The normalized spacial score (nSPS) is 21.1. The largest absolute Gasteiger partial charge is 0.493 e. The van der Waals surface area contributed by atoms with E-state index in [2.05, 4.69) is 15.6 Å². The van der Waals surface area contributed by atoms with Crippen LogP contribution in [0.4, 0.5) is 0 Å². The molecule has 2 amide bonds. The number of aromatic nitrogens is 3. The molecule has 1 saturated heterocycles. The van der Waals surface area contributed by atoms with Crippen molar-refractivity contribution in [1.82, 2.24) is 25.2 Å². The molecule has 11 heteroatoms. The number of nitrogens with zero attached hydrogens (tertiary/aromatic N) is 4. The van der Waals surface area contributed by atoms with Crippen molar-refractivity contribution in [3.63, 3.8) is 0 Å². The van der Waals surface area contributed by atoms with Gasteiger partial charge in [-0.15, -0.1) is 5.10 Å². The summed E-state index contributed by atoms with van der Waals surface area (Å²) in [5.41, 5.74) is 0.388. The minimum absolute atomic E-state index is 0.0554. The molecule has 0 saturated carbocycles. The van der Waals surface area contributed by atoms with Crippen LogP contribution in [0.2, 0.25) is 0 Å². The van der Waals surface area contributed by atoms with Crippen molar-refractivity contribution in [3.8, 4) is 11.5 Å². The van der Waals surface area contributed by atoms with Crippen LogP contribution < -0.4 is 14.8 Å². The molecule has 1 aromatic carbocycles. The van der Waals surface area contributed by atoms with Gasteiger partial charge in [-0.3, -0.25) is 9.59 Å². The molecule has 34 heavy (non-hydrogen) atoms. The third kappa shape index (κ3) is 5.15. The number of hydrogen-bond donors (Lipinski definition) is 1. The van der Waals surface area contributed by atoms with Crippen molar-refractivity contribution in [2.24, 2.45) is 5.41 Å². The van der Waals surface area contributed by atoms with Gasteiger partial charge >= 0.3 is 0 Å². The van der Waals surface area contributed by atoms with E-state index in [1.165, 1.54) is 0 Å². The fourth-order valence-electron chi connectivity index (χ4n) is 4.24. The molecule has 0 radical (unpaired) electrons. The highest BCUT2D eigenvalue weighted by atomic mass is 16.5. The number of amides is 2. The molecule has 2 aromatic rings. The quantitative estimate of drug-likeness (QED) is 0.696. The average molecular weight is 474 g/mol. The molecule has 2 aliphatic heterocycles. The van der Waals surface area contributed by atoms with Crippen molar-refractivity contribution >= 4 is 11.8 Å². The highest BCUT2D eigenvalue weighted by Gasteiger charge is 2.42. The van der Waals surface area contributed by atoms with E-state index in [0.29, 0.717) is 55.6 Å². The van der Waals surface area contributed by atoms with Gasteiger partial charge < -0.3 is 29.2 Å². The Balaban J connectivity index is 1.61. The van der Waals surface area contributed by atoms with Crippen LogP contribution in [0.1, 0.15) is 29.9 Å². The van der Waals surface area contributed by atoms with Gasteiger partial charge in [-0.25, -0.2) is 4.68 Å². The first-order chi connectivity index (χ1) is 16.3. The lowest BCUT2D eigenvalue weighted by Crippen LogP contribution is -2.45. The molecule has 0 spiro atoms. The van der Waals surface area contributed by atoms with E-state index in [1.807, 2.05) is 13.8 Å². The molecule has 4 rings (SSSR count). The van der Waals surface area contributed by atoms with Crippen LogP contribution >= 0.6 is 0 Å². The third-order valence-electron chi connectivity index (χ3n) is 5.99. The number of nitrogens with one attached hydrogen (secondary N) is 1. The number of benzene rings is 1. The first-order valence-corrected chi connectivity index (χ1v) is 11.2. The third-order valence-corrected chi connectivity index (χ3v) is 5.99. The second kappa shape index (κ2) is 9.98. The Labute approximate surface area is 198 Å². The summed E-state index contributed by atoms with van der Waals surface area (Å²) in [6, 6.07) is 4.62. The van der Waals surface area contributed by atoms with E-state index in [1.54, 1.807) is 48.2 Å². The van der Waals surface area contributed by atoms with Gasteiger partial charge in [-0.05, 0) is 32.0 Å². The summed E-state index contributed by atoms with van der Waals surface area (Å²) >= 11 is 0. The van der Waals surface area contributed by atoms with Crippen LogP contribution in [-0.4, -0.2) is 84.4 Å². The summed E-state index contributed by atoms with van der Waals surface area (Å²) in [6.45, 7) is 5.66. The number of hydrogen-bond acceptors (Lipinski definition) is 8. The average Bonchev–Trinajstić information content (AvgIpc) is 3.43. The number of carbonyl (C=O) groups excluding carboxylic acids is 2. The van der Waals surface area contributed by atoms with Crippen molar-refractivity contribution in [2.75, 3.05) is 40.5 Å². The van der Waals surface area contributed by atoms with Crippen molar-refractivity contribution in [2.45, 2.75) is 39.1 Å². The van der Waals surface area contributed by atoms with Gasteiger partial charge in [-0.2, -0.15) is 0 Å². The summed E-state index contributed by atoms with van der Waals surface area (Å²) in [7, 11) is 3.12. The van der Waals surface area contributed by atoms with Crippen LogP contribution in [0, 0.1) is 5.41 Å². The monoisotopic (exact) mass is 473 g/mol. The SMILES string of the molecule is COCC(C)(C)C(=O)N1C[C@@H]2NC(=O)c3ccc(OC)c(c3)OCCn3cc(nn3)CO[C@H]2C1. The minimum Gasteiger partial charge on any atom is -0.493 e. The van der Waals surface area contributed by atoms with Gasteiger partial charge in [0.05, 0.1) is 50.6 Å². The summed E-state index contributed by atoms with van der Waals surface area (Å²) in [6.07, 6.45) is 1.39.